The minimum Gasteiger partial charge on any atom is -0.457 e. The minimum absolute atomic E-state index is 0.142. The van der Waals surface area contributed by atoms with Crippen LogP contribution in [0.25, 0.3) is 0 Å². The van der Waals surface area contributed by atoms with Gasteiger partial charge >= 0.3 is 0 Å². The molecule has 0 fully saturated rings. The summed E-state index contributed by atoms with van der Waals surface area (Å²) in [6, 6.07) is 17.3. The number of carbonyl (C=O) groups excluding carboxylic acids is 1. The molecule has 1 unspecified atom stereocenters. The van der Waals surface area contributed by atoms with Crippen molar-refractivity contribution in [3.63, 3.8) is 0 Å². The smallest absolute Gasteiger partial charge is 0.253 e. The van der Waals surface area contributed by atoms with Crippen LogP contribution in [0.1, 0.15) is 22.4 Å². The van der Waals surface area contributed by atoms with Crippen LogP contribution in [0.2, 0.25) is 0 Å². The molecule has 5 rings (SSSR count). The van der Waals surface area contributed by atoms with Crippen LogP contribution in [0.15, 0.2) is 65.8 Å². The number of nitrogens with one attached hydrogen (secondary N) is 2. The van der Waals surface area contributed by atoms with Gasteiger partial charge in [0, 0.05) is 30.9 Å². The molecule has 2 aliphatic heterocycles. The summed E-state index contributed by atoms with van der Waals surface area (Å²) in [7, 11) is 0. The number of aromatic nitrogens is 1. The molecule has 0 radical (unpaired) electrons. The van der Waals surface area contributed by atoms with Crippen molar-refractivity contribution in [2.24, 2.45) is 4.99 Å². The van der Waals surface area contributed by atoms with Crippen LogP contribution < -0.4 is 15.4 Å². The fraction of sp³-hybridized carbons (Fsp3) is 0.240. The number of pyridine rings is 1. The zero-order chi connectivity index (χ0) is 21.9. The van der Waals surface area contributed by atoms with Crippen LogP contribution in [0, 0.1) is 6.92 Å². The van der Waals surface area contributed by atoms with Gasteiger partial charge in [0.05, 0.1) is 13.2 Å². The zero-order valence-electron chi connectivity index (χ0n) is 17.8. The molecule has 1 amide bonds. The molecule has 7 nitrogen and oxygen atoms in total. The number of benzene rings is 2. The van der Waals surface area contributed by atoms with Gasteiger partial charge in [-0.2, -0.15) is 0 Å². The van der Waals surface area contributed by atoms with E-state index in [9.17, 15) is 4.79 Å². The molecule has 32 heavy (non-hydrogen) atoms. The molecular weight excluding hydrogens is 404 g/mol. The Morgan fingerprint density at radius 2 is 2.03 bits per heavy atom. The van der Waals surface area contributed by atoms with Crippen LogP contribution >= 0.6 is 0 Å². The summed E-state index contributed by atoms with van der Waals surface area (Å²) in [6.07, 6.45) is 1.66. The molecular formula is C25H24N4O3. The van der Waals surface area contributed by atoms with E-state index in [0.29, 0.717) is 24.5 Å². The van der Waals surface area contributed by atoms with E-state index < -0.39 is 6.10 Å². The van der Waals surface area contributed by atoms with E-state index in [-0.39, 0.29) is 5.91 Å². The summed E-state index contributed by atoms with van der Waals surface area (Å²) in [5.41, 5.74) is 4.75. The fourth-order valence-corrected chi connectivity index (χ4v) is 3.87. The van der Waals surface area contributed by atoms with Gasteiger partial charge in [0.1, 0.15) is 29.1 Å². The van der Waals surface area contributed by atoms with Crippen molar-refractivity contribution in [3.05, 3.63) is 83.2 Å². The maximum absolute atomic E-state index is 12.7. The summed E-state index contributed by atoms with van der Waals surface area (Å²) in [5, 5.41) is 6.17. The van der Waals surface area contributed by atoms with Crippen LogP contribution in [0.3, 0.4) is 0 Å². The predicted molar refractivity (Wildman–Crippen MR) is 122 cm³/mol. The molecule has 3 aromatic rings. The molecule has 1 atom stereocenters. The lowest BCUT2D eigenvalue weighted by Gasteiger charge is -2.25. The van der Waals surface area contributed by atoms with Crippen LogP contribution in [0.4, 0.5) is 5.69 Å². The summed E-state index contributed by atoms with van der Waals surface area (Å²) in [6.45, 7) is 3.97. The highest BCUT2D eigenvalue weighted by molar-refractivity contribution is 5.98. The normalized spacial score (nSPS) is 17.2. The summed E-state index contributed by atoms with van der Waals surface area (Å²) in [4.78, 5) is 21.5. The summed E-state index contributed by atoms with van der Waals surface area (Å²) in [5.74, 6) is 2.05. The maximum Gasteiger partial charge on any atom is 0.253 e. The molecule has 0 aliphatic carbocycles. The number of aliphatic imine (C=N–C) groups is 1. The molecule has 1 aromatic heterocycles. The van der Waals surface area contributed by atoms with Crippen molar-refractivity contribution in [2.75, 3.05) is 18.4 Å². The van der Waals surface area contributed by atoms with Crippen LogP contribution in [-0.2, 0) is 22.6 Å². The third-order valence-electron chi connectivity index (χ3n) is 5.48. The first-order valence-electron chi connectivity index (χ1n) is 10.7. The molecule has 162 valence electrons. The van der Waals surface area contributed by atoms with Gasteiger partial charge in [-0.05, 0) is 53.9 Å². The van der Waals surface area contributed by atoms with Gasteiger partial charge in [-0.25, -0.2) is 0 Å². The molecule has 7 heteroatoms. The second kappa shape index (κ2) is 8.80. The van der Waals surface area contributed by atoms with Gasteiger partial charge in [0.25, 0.3) is 5.91 Å². The first-order chi connectivity index (χ1) is 15.6. The third-order valence-corrected chi connectivity index (χ3v) is 5.48. The van der Waals surface area contributed by atoms with Gasteiger partial charge in [0.15, 0.2) is 0 Å². The Kier molecular flexibility index (Phi) is 5.56. The van der Waals surface area contributed by atoms with Crippen molar-refractivity contribution < 1.29 is 14.3 Å². The maximum atomic E-state index is 12.7. The Balaban J connectivity index is 1.29. The molecule has 3 heterocycles. The molecule has 0 spiro atoms. The zero-order valence-corrected chi connectivity index (χ0v) is 17.8. The quantitative estimate of drug-likeness (QED) is 0.649. The number of amides is 1. The van der Waals surface area contributed by atoms with Crippen LogP contribution in [-0.4, -0.2) is 35.9 Å². The number of hydrogen-bond acceptors (Lipinski definition) is 6. The van der Waals surface area contributed by atoms with Crippen molar-refractivity contribution in [3.8, 4) is 11.5 Å². The highest BCUT2D eigenvalue weighted by Gasteiger charge is 2.26. The average Bonchev–Trinajstić information content (AvgIpc) is 3.34. The minimum atomic E-state index is -0.544. The first-order valence-corrected chi connectivity index (χ1v) is 10.7. The predicted octanol–water partition coefficient (Wildman–Crippen LogP) is 3.61. The second-order valence-corrected chi connectivity index (χ2v) is 7.93. The van der Waals surface area contributed by atoms with E-state index >= 15 is 0 Å². The number of fused-ring (bicyclic) bond motifs is 1. The van der Waals surface area contributed by atoms with Gasteiger partial charge in [-0.1, -0.05) is 18.2 Å². The van der Waals surface area contributed by atoms with Gasteiger partial charge in [0.2, 0.25) is 0 Å². The lowest BCUT2D eigenvalue weighted by molar-refractivity contribution is -0.129. The number of carbonyl (C=O) groups is 1. The number of ether oxygens (including phenoxy) is 2. The Bertz CT molecular complexity index is 1190. The lowest BCUT2D eigenvalue weighted by atomic mass is 9.98. The Hall–Kier alpha value is -3.71. The second-order valence-electron chi connectivity index (χ2n) is 7.93. The largest absolute Gasteiger partial charge is 0.457 e. The van der Waals surface area contributed by atoms with Crippen molar-refractivity contribution >= 4 is 17.4 Å². The first kappa shape index (κ1) is 20.2. The molecule has 2 aliphatic rings. The topological polar surface area (TPSA) is 84.8 Å². The van der Waals surface area contributed by atoms with Gasteiger partial charge in [-0.15, -0.1) is 0 Å². The molecule has 2 N–H and O–H groups in total. The van der Waals surface area contributed by atoms with E-state index in [2.05, 4.69) is 20.6 Å². The number of amidine groups is 1. The van der Waals surface area contributed by atoms with E-state index in [1.165, 1.54) is 0 Å². The number of nitrogens with zero attached hydrogens (tertiary/aromatic N) is 2. The summed E-state index contributed by atoms with van der Waals surface area (Å²) >= 11 is 0. The Morgan fingerprint density at radius 1 is 1.12 bits per heavy atom. The number of anilines is 1. The molecule has 2 aromatic carbocycles. The van der Waals surface area contributed by atoms with Gasteiger partial charge in [-0.3, -0.25) is 14.8 Å². The number of aryl methyl sites for hydroxylation is 1. The monoisotopic (exact) mass is 428 g/mol. The molecule has 0 saturated heterocycles. The standard InChI is InChI=1S/C25H24N4O3/c1-16-3-2-4-19(11-16)29-25(30)23-13-18-12-20(6-5-17(18)15-31-23)32-21-7-8-26-22(14-21)24-27-9-10-28-24/h2-8,11-12,14,23H,9-10,13,15H2,1H3,(H,27,28)(H,29,30). The lowest BCUT2D eigenvalue weighted by Crippen LogP contribution is -2.35. The third kappa shape index (κ3) is 4.48. The highest BCUT2D eigenvalue weighted by Crippen LogP contribution is 2.29. The highest BCUT2D eigenvalue weighted by atomic mass is 16.5. The van der Waals surface area contributed by atoms with Crippen molar-refractivity contribution in [1.29, 1.82) is 0 Å². The summed E-state index contributed by atoms with van der Waals surface area (Å²) < 4.78 is 11.9. The molecule has 0 bridgehead atoms. The van der Waals surface area contributed by atoms with Crippen LogP contribution in [0.5, 0.6) is 11.5 Å². The Labute approximate surface area is 186 Å². The van der Waals surface area contributed by atoms with Gasteiger partial charge < -0.3 is 20.1 Å². The van der Waals surface area contributed by atoms with E-state index in [4.69, 9.17) is 9.47 Å². The van der Waals surface area contributed by atoms with E-state index in [1.807, 2.05) is 61.5 Å². The Morgan fingerprint density at radius 3 is 2.88 bits per heavy atom. The average molecular weight is 428 g/mol. The fourth-order valence-electron chi connectivity index (χ4n) is 3.87. The van der Waals surface area contributed by atoms with E-state index in [0.717, 1.165) is 47.0 Å². The number of hydrogen-bond donors (Lipinski definition) is 2. The van der Waals surface area contributed by atoms with Crippen molar-refractivity contribution in [1.82, 2.24) is 10.3 Å². The van der Waals surface area contributed by atoms with Crippen molar-refractivity contribution in [2.45, 2.75) is 26.1 Å². The molecule has 0 saturated carbocycles. The number of rotatable bonds is 5. The van der Waals surface area contributed by atoms with E-state index in [1.54, 1.807) is 6.20 Å². The SMILES string of the molecule is Cc1cccc(NC(=O)C2Cc3cc(Oc4ccnc(C5=NCCN5)c4)ccc3CO2)c1.